The van der Waals surface area contributed by atoms with E-state index in [-0.39, 0.29) is 23.9 Å². The van der Waals surface area contributed by atoms with Gasteiger partial charge in [0.05, 0.1) is 34.8 Å². The molecule has 4 heterocycles. The number of likely N-dealkylation sites (tertiary alicyclic amines) is 2. The lowest BCUT2D eigenvalue weighted by Gasteiger charge is -2.45. The second-order valence-electron chi connectivity index (χ2n) is 14.7. The van der Waals surface area contributed by atoms with Crippen molar-refractivity contribution in [3.8, 4) is 17.1 Å². The van der Waals surface area contributed by atoms with Crippen molar-refractivity contribution in [1.29, 1.82) is 0 Å². The molecule has 14 nitrogen and oxygen atoms in total. The Morgan fingerprint density at radius 3 is 2.29 bits per heavy atom. The summed E-state index contributed by atoms with van der Waals surface area (Å²) >= 11 is 13.0. The number of carboxylic acids is 1. The Morgan fingerprint density at radius 2 is 1.62 bits per heavy atom. The van der Waals surface area contributed by atoms with E-state index in [1.54, 1.807) is 24.1 Å². The molecule has 3 N–H and O–H groups in total. The second kappa shape index (κ2) is 16.5. The zero-order valence-electron chi connectivity index (χ0n) is 30.7. The number of methoxy groups -OCH3 is 1. The van der Waals surface area contributed by atoms with Crippen LogP contribution < -0.4 is 10.1 Å². The summed E-state index contributed by atoms with van der Waals surface area (Å²) in [4.78, 5) is 47.1. The van der Waals surface area contributed by atoms with Crippen LogP contribution in [0, 0.1) is 0 Å². The molecule has 16 heteroatoms. The summed E-state index contributed by atoms with van der Waals surface area (Å²) in [5.41, 5.74) is 2.30. The normalized spacial score (nSPS) is 20.3. The van der Waals surface area contributed by atoms with Crippen LogP contribution in [0.15, 0.2) is 66.7 Å². The molecule has 0 spiro atoms. The van der Waals surface area contributed by atoms with E-state index in [0.717, 1.165) is 56.4 Å². The number of hydrogen-bond acceptors (Lipinski definition) is 9. The van der Waals surface area contributed by atoms with Gasteiger partial charge in [-0.25, -0.2) is 9.89 Å². The molecule has 0 aliphatic carbocycles. The second-order valence-corrected chi connectivity index (χ2v) is 15.5. The van der Waals surface area contributed by atoms with Crippen molar-refractivity contribution in [1.82, 2.24) is 45.5 Å². The van der Waals surface area contributed by atoms with Crippen LogP contribution in [-0.2, 0) is 15.7 Å². The summed E-state index contributed by atoms with van der Waals surface area (Å²) in [6, 6.07) is 21.1. The maximum absolute atomic E-state index is 14.2. The van der Waals surface area contributed by atoms with Crippen LogP contribution >= 0.6 is 23.2 Å². The minimum Gasteiger partial charge on any atom is -0.496 e. The zero-order valence-corrected chi connectivity index (χ0v) is 32.2. The number of aromatic amines is 1. The molecule has 3 amide bonds. The van der Waals surface area contributed by atoms with Gasteiger partial charge in [-0.05, 0) is 84.1 Å². The highest BCUT2D eigenvalue weighted by Crippen LogP contribution is 2.42. The molecule has 3 fully saturated rings. The molecular formula is C39H45Cl2N9O5. The first-order chi connectivity index (χ1) is 26.6. The number of piperidine rings is 1. The number of ether oxygens (including phenoxy) is 1. The van der Waals surface area contributed by atoms with Gasteiger partial charge < -0.3 is 29.9 Å². The number of nitrogens with zero attached hydrogens (tertiary/aromatic N) is 7. The van der Waals surface area contributed by atoms with Gasteiger partial charge in [0.2, 0.25) is 0 Å². The summed E-state index contributed by atoms with van der Waals surface area (Å²) in [6.45, 7) is 5.32. The highest BCUT2D eigenvalue weighted by molar-refractivity contribution is 6.42. The smallest absolute Gasteiger partial charge is 0.318 e. The lowest BCUT2D eigenvalue weighted by Crippen LogP contribution is -2.59. The predicted octanol–water partition coefficient (Wildman–Crippen LogP) is 4.76. The number of carboxylic acid groups (broad SMARTS) is 1. The van der Waals surface area contributed by atoms with Gasteiger partial charge in [0.1, 0.15) is 5.75 Å². The van der Waals surface area contributed by atoms with E-state index < -0.39 is 11.5 Å². The molecule has 1 atom stereocenters. The van der Waals surface area contributed by atoms with Crippen molar-refractivity contribution < 1.29 is 24.2 Å². The van der Waals surface area contributed by atoms with E-state index in [1.807, 2.05) is 52.3 Å². The van der Waals surface area contributed by atoms with Crippen LogP contribution in [0.5, 0.6) is 5.75 Å². The first-order valence-electron chi connectivity index (χ1n) is 18.5. The monoisotopic (exact) mass is 789 g/mol. The maximum atomic E-state index is 14.2. The number of aromatic nitrogens is 4. The van der Waals surface area contributed by atoms with E-state index in [9.17, 15) is 19.5 Å². The van der Waals surface area contributed by atoms with Gasteiger partial charge in [-0.15, -0.1) is 5.10 Å². The highest BCUT2D eigenvalue weighted by Gasteiger charge is 2.44. The van der Waals surface area contributed by atoms with Crippen LogP contribution in [0.4, 0.5) is 4.79 Å². The Balaban J connectivity index is 1.06. The van der Waals surface area contributed by atoms with Gasteiger partial charge >= 0.3 is 12.0 Å². The van der Waals surface area contributed by atoms with E-state index in [2.05, 4.69) is 43.0 Å². The van der Waals surface area contributed by atoms with E-state index >= 15 is 0 Å². The Bertz CT molecular complexity index is 1990. The Hall–Kier alpha value is -4.76. The zero-order chi connectivity index (χ0) is 38.6. The summed E-state index contributed by atoms with van der Waals surface area (Å²) in [5, 5.41) is 27.7. The van der Waals surface area contributed by atoms with Gasteiger partial charge in [0, 0.05) is 63.3 Å². The first-order valence-corrected chi connectivity index (χ1v) is 19.3. The van der Waals surface area contributed by atoms with Crippen LogP contribution in [0.2, 0.25) is 10.0 Å². The number of carbonyl (C=O) groups is 3. The van der Waals surface area contributed by atoms with Crippen molar-refractivity contribution >= 4 is 41.1 Å². The molecular weight excluding hydrogens is 745 g/mol. The lowest BCUT2D eigenvalue weighted by molar-refractivity contribution is -0.138. The summed E-state index contributed by atoms with van der Waals surface area (Å²) in [7, 11) is 1.55. The average molecular weight is 791 g/mol. The number of benzene rings is 3. The molecule has 7 rings (SSSR count). The quantitative estimate of drug-likeness (QED) is 0.193. The minimum absolute atomic E-state index is 0.0226. The molecule has 3 aliphatic heterocycles. The molecule has 0 unspecified atom stereocenters. The summed E-state index contributed by atoms with van der Waals surface area (Å²) < 4.78 is 5.62. The molecule has 1 aromatic heterocycles. The fraction of sp³-hybridized carbons (Fsp3) is 0.436. The summed E-state index contributed by atoms with van der Waals surface area (Å²) in [5.74, 6) is -0.0798. The maximum Gasteiger partial charge on any atom is 0.318 e. The van der Waals surface area contributed by atoms with Crippen molar-refractivity contribution in [3.05, 3.63) is 93.5 Å². The molecule has 0 bridgehead atoms. The number of nitrogens with one attached hydrogen (secondary N) is 2. The van der Waals surface area contributed by atoms with E-state index in [4.69, 9.17) is 27.9 Å². The third kappa shape index (κ3) is 8.42. The number of tetrazole rings is 1. The number of amides is 3. The predicted molar refractivity (Wildman–Crippen MR) is 207 cm³/mol. The average Bonchev–Trinajstić information content (AvgIpc) is 3.91. The fourth-order valence-corrected chi connectivity index (χ4v) is 8.59. The SMILES string of the molecule is COc1ccc(-c2nnn[nH]2)cc1C(=O)N1CC[C@](CCN2CCC(NC(=O)N3CCN(CC(=O)O)CC3)(c3ccccc3)CC2)(c2ccc(Cl)c(Cl)c2)C1. The van der Waals surface area contributed by atoms with Crippen LogP contribution in [0.25, 0.3) is 11.4 Å². The summed E-state index contributed by atoms with van der Waals surface area (Å²) in [6.07, 6.45) is 2.97. The van der Waals surface area contributed by atoms with Gasteiger partial charge in [-0.2, -0.15) is 0 Å². The first kappa shape index (κ1) is 38.5. The largest absolute Gasteiger partial charge is 0.496 e. The Morgan fingerprint density at radius 1 is 0.855 bits per heavy atom. The van der Waals surface area contributed by atoms with Crippen LogP contribution in [0.3, 0.4) is 0 Å². The molecule has 3 saturated heterocycles. The van der Waals surface area contributed by atoms with Gasteiger partial charge in [-0.1, -0.05) is 59.6 Å². The number of halogens is 2. The minimum atomic E-state index is -0.862. The molecule has 4 aromatic rings. The third-order valence-corrected chi connectivity index (χ3v) is 12.3. The number of urea groups is 1. The van der Waals surface area contributed by atoms with Crippen molar-refractivity contribution in [3.63, 3.8) is 0 Å². The molecule has 3 aromatic carbocycles. The fourth-order valence-electron chi connectivity index (χ4n) is 8.29. The van der Waals surface area contributed by atoms with Crippen molar-refractivity contribution in [2.75, 3.05) is 72.6 Å². The molecule has 0 saturated carbocycles. The third-order valence-electron chi connectivity index (χ3n) is 11.5. The number of H-pyrrole nitrogens is 1. The number of hydrogen-bond donors (Lipinski definition) is 3. The van der Waals surface area contributed by atoms with Crippen molar-refractivity contribution in [2.45, 2.75) is 36.6 Å². The number of piperazine rings is 1. The topological polar surface area (TPSA) is 160 Å². The number of aliphatic carboxylic acids is 1. The number of carbonyl (C=O) groups excluding carboxylic acids is 2. The molecule has 290 valence electrons. The number of rotatable bonds is 11. The van der Waals surface area contributed by atoms with Gasteiger partial charge in [-0.3, -0.25) is 14.5 Å². The Labute approximate surface area is 329 Å². The molecule has 0 radical (unpaired) electrons. The van der Waals surface area contributed by atoms with Crippen LogP contribution in [-0.4, -0.2) is 136 Å². The Kier molecular flexibility index (Phi) is 11.6. The van der Waals surface area contributed by atoms with E-state index in [0.29, 0.717) is 72.0 Å². The lowest BCUT2D eigenvalue weighted by atomic mass is 9.76. The highest BCUT2D eigenvalue weighted by atomic mass is 35.5. The standard InChI is InChI=1S/C39H45Cl2N9O5/c1-55-33-10-7-27(35-43-45-46-44-35)23-30(33)36(53)50-18-12-38(26-50,29-8-9-31(40)32(41)24-29)11-15-47-16-13-39(14-17-47,28-5-3-2-4-6-28)42-37(54)49-21-19-48(20-22-49)25-34(51)52/h2-10,23-24H,11-22,25-26H2,1H3,(H,42,54)(H,51,52)(H,43,44,45,46)/t38-/m0/s1. The van der Waals surface area contributed by atoms with E-state index in [1.165, 1.54) is 0 Å². The van der Waals surface area contributed by atoms with Gasteiger partial charge in [0.25, 0.3) is 5.91 Å². The van der Waals surface area contributed by atoms with Crippen molar-refractivity contribution in [2.24, 2.45) is 0 Å². The van der Waals surface area contributed by atoms with Gasteiger partial charge in [0.15, 0.2) is 5.82 Å². The molecule has 55 heavy (non-hydrogen) atoms. The van der Waals surface area contributed by atoms with Crippen LogP contribution in [0.1, 0.15) is 47.2 Å². The molecule has 3 aliphatic rings.